The Bertz CT molecular complexity index is 1090. The largest absolute Gasteiger partial charge is 0.273 e. The van der Waals surface area contributed by atoms with E-state index in [1.54, 1.807) is 0 Å². The number of aromatic nitrogens is 1. The van der Waals surface area contributed by atoms with Crippen molar-refractivity contribution >= 4 is 54.0 Å². The summed E-state index contributed by atoms with van der Waals surface area (Å²) in [5.74, 6) is -0.722. The molecule has 1 amide bonds. The first-order valence-corrected chi connectivity index (χ1v) is 11.0. The van der Waals surface area contributed by atoms with Crippen molar-refractivity contribution in [3.63, 3.8) is 0 Å². The quantitative estimate of drug-likeness (QED) is 0.587. The number of amides is 1. The maximum absolute atomic E-state index is 12.3. The molecule has 0 aliphatic rings. The van der Waals surface area contributed by atoms with E-state index >= 15 is 0 Å². The molecule has 9 heteroatoms. The number of aryl methyl sites for hydroxylation is 2. The molecule has 0 unspecified atom stereocenters. The van der Waals surface area contributed by atoms with E-state index in [4.69, 9.17) is 11.6 Å². The van der Waals surface area contributed by atoms with Crippen LogP contribution in [0.15, 0.2) is 41.3 Å². The minimum Gasteiger partial charge on any atom is -0.273 e. The second kappa shape index (κ2) is 7.84. The number of anilines is 1. The predicted molar refractivity (Wildman–Crippen MR) is 109 cm³/mol. The number of nitrogens with zero attached hydrogens (tertiary/aromatic N) is 1. The molecule has 0 aliphatic heterocycles. The Morgan fingerprint density at radius 2 is 1.89 bits per heavy atom. The van der Waals surface area contributed by atoms with Crippen molar-refractivity contribution in [3.8, 4) is 0 Å². The minimum absolute atomic E-state index is 0.143. The van der Waals surface area contributed by atoms with E-state index in [-0.39, 0.29) is 17.1 Å². The van der Waals surface area contributed by atoms with Gasteiger partial charge in [-0.15, -0.1) is 0 Å². The molecule has 6 nitrogen and oxygen atoms in total. The number of halogens is 1. The average molecular weight is 424 g/mol. The molecular weight excluding hydrogens is 406 g/mol. The Morgan fingerprint density at radius 3 is 2.59 bits per heavy atom. The third kappa shape index (κ3) is 4.77. The zero-order valence-electron chi connectivity index (χ0n) is 14.7. The molecule has 0 atom stereocenters. The van der Waals surface area contributed by atoms with Gasteiger partial charge in [0.05, 0.1) is 20.9 Å². The lowest BCUT2D eigenvalue weighted by Crippen LogP contribution is -2.30. The molecule has 0 bridgehead atoms. The molecule has 1 heterocycles. The van der Waals surface area contributed by atoms with Crippen LogP contribution >= 0.6 is 22.9 Å². The highest BCUT2D eigenvalue weighted by Gasteiger charge is 2.16. The van der Waals surface area contributed by atoms with Crippen LogP contribution in [0.5, 0.6) is 0 Å². The lowest BCUT2D eigenvalue weighted by molar-refractivity contribution is -0.120. The van der Waals surface area contributed by atoms with Crippen molar-refractivity contribution in [1.29, 1.82) is 0 Å². The minimum atomic E-state index is -3.55. The van der Waals surface area contributed by atoms with Crippen LogP contribution in [0.3, 0.4) is 0 Å². The first-order chi connectivity index (χ1) is 12.7. The molecular formula is C18H18ClN3O3S2. The molecule has 0 aliphatic carbocycles. The highest BCUT2D eigenvalue weighted by atomic mass is 35.5. The van der Waals surface area contributed by atoms with E-state index in [0.717, 1.165) is 21.3 Å². The summed E-state index contributed by atoms with van der Waals surface area (Å²) in [6, 6.07) is 9.95. The van der Waals surface area contributed by atoms with E-state index < -0.39 is 15.7 Å². The smallest absolute Gasteiger partial charge is 0.239 e. The topological polar surface area (TPSA) is 88.2 Å². The fraction of sp³-hybridized carbons (Fsp3) is 0.222. The third-order valence-corrected chi connectivity index (χ3v) is 6.81. The van der Waals surface area contributed by atoms with E-state index in [0.29, 0.717) is 10.2 Å². The number of carbonyl (C=O) groups excluding carboxylic acids is 1. The number of benzene rings is 2. The number of rotatable bonds is 6. The second-order valence-corrected chi connectivity index (χ2v) is 9.72. The first kappa shape index (κ1) is 19.6. The van der Waals surface area contributed by atoms with Gasteiger partial charge in [-0.1, -0.05) is 29.0 Å². The van der Waals surface area contributed by atoms with Gasteiger partial charge >= 0.3 is 0 Å². The molecule has 2 aromatic carbocycles. The van der Waals surface area contributed by atoms with Crippen LogP contribution in [0.25, 0.3) is 10.2 Å². The van der Waals surface area contributed by atoms with E-state index in [2.05, 4.69) is 15.8 Å². The lowest BCUT2D eigenvalue weighted by atomic mass is 10.1. The number of hydrazine groups is 1. The zero-order valence-corrected chi connectivity index (χ0v) is 17.1. The molecule has 0 saturated heterocycles. The van der Waals surface area contributed by atoms with Gasteiger partial charge in [-0.05, 0) is 55.3 Å². The summed E-state index contributed by atoms with van der Waals surface area (Å²) in [5, 5.41) is 1.00. The fourth-order valence-electron chi connectivity index (χ4n) is 2.60. The first-order valence-electron chi connectivity index (χ1n) is 8.15. The second-order valence-electron chi connectivity index (χ2n) is 6.14. The lowest BCUT2D eigenvalue weighted by Gasteiger charge is -2.06. The Labute approximate surface area is 166 Å². The van der Waals surface area contributed by atoms with Crippen LogP contribution in [0.2, 0.25) is 5.02 Å². The van der Waals surface area contributed by atoms with Crippen molar-refractivity contribution < 1.29 is 13.2 Å². The Kier molecular flexibility index (Phi) is 5.69. The molecule has 0 fully saturated rings. The maximum Gasteiger partial charge on any atom is 0.239 e. The molecule has 27 heavy (non-hydrogen) atoms. The highest BCUT2D eigenvalue weighted by molar-refractivity contribution is 7.91. The van der Waals surface area contributed by atoms with Crippen molar-refractivity contribution in [1.82, 2.24) is 10.4 Å². The standard InChI is InChI=1S/C18H18ClN3O3S2/c1-11-9-12(2)17-15(10-11)26-18(20-17)22-21-16(23)7-8-27(24,25)14-5-3-13(19)4-6-14/h3-6,9-10H,7-8H2,1-2H3,(H,20,22)(H,21,23). The van der Waals surface area contributed by atoms with Crippen molar-refractivity contribution in [2.45, 2.75) is 25.2 Å². The fourth-order valence-corrected chi connectivity index (χ4v) is 4.96. The third-order valence-electron chi connectivity index (χ3n) is 3.91. The van der Waals surface area contributed by atoms with E-state index in [1.165, 1.54) is 35.6 Å². The Balaban J connectivity index is 1.58. The average Bonchev–Trinajstić information content (AvgIpc) is 3.02. The molecule has 142 valence electrons. The summed E-state index contributed by atoms with van der Waals surface area (Å²) in [5.41, 5.74) is 8.35. The Hall–Kier alpha value is -2.16. The van der Waals surface area contributed by atoms with Crippen molar-refractivity contribution in [3.05, 3.63) is 52.5 Å². The van der Waals surface area contributed by atoms with Gasteiger partial charge < -0.3 is 0 Å². The number of carbonyl (C=O) groups is 1. The number of nitrogens with one attached hydrogen (secondary N) is 2. The monoisotopic (exact) mass is 423 g/mol. The van der Waals surface area contributed by atoms with Gasteiger partial charge in [0, 0.05) is 11.4 Å². The van der Waals surface area contributed by atoms with Crippen LogP contribution in [0.1, 0.15) is 17.5 Å². The van der Waals surface area contributed by atoms with Crippen molar-refractivity contribution in [2.75, 3.05) is 11.2 Å². The molecule has 1 aromatic heterocycles. The van der Waals surface area contributed by atoms with Crippen LogP contribution in [-0.2, 0) is 14.6 Å². The van der Waals surface area contributed by atoms with Crippen LogP contribution < -0.4 is 10.9 Å². The molecule has 0 saturated carbocycles. The number of sulfone groups is 1. The summed E-state index contributed by atoms with van der Waals surface area (Å²) >= 11 is 7.19. The van der Waals surface area contributed by atoms with Gasteiger partial charge in [0.2, 0.25) is 11.0 Å². The SMILES string of the molecule is Cc1cc(C)c2nc(NNC(=O)CCS(=O)(=O)c3ccc(Cl)cc3)sc2c1. The van der Waals surface area contributed by atoms with Gasteiger partial charge in [0.15, 0.2) is 9.84 Å². The summed E-state index contributed by atoms with van der Waals surface area (Å²) in [4.78, 5) is 16.6. The number of fused-ring (bicyclic) bond motifs is 1. The summed E-state index contributed by atoms with van der Waals surface area (Å²) in [7, 11) is -3.55. The highest BCUT2D eigenvalue weighted by Crippen LogP contribution is 2.28. The molecule has 0 radical (unpaired) electrons. The van der Waals surface area contributed by atoms with Crippen LogP contribution in [0.4, 0.5) is 5.13 Å². The Morgan fingerprint density at radius 1 is 1.19 bits per heavy atom. The van der Waals surface area contributed by atoms with Gasteiger partial charge in [-0.25, -0.2) is 13.4 Å². The summed E-state index contributed by atoms with van der Waals surface area (Å²) < 4.78 is 25.5. The predicted octanol–water partition coefficient (Wildman–Crippen LogP) is 3.87. The van der Waals surface area contributed by atoms with Gasteiger partial charge in [-0.2, -0.15) is 0 Å². The maximum atomic E-state index is 12.3. The zero-order chi connectivity index (χ0) is 19.6. The summed E-state index contributed by atoms with van der Waals surface area (Å²) in [6.45, 7) is 4.00. The number of hydrogen-bond donors (Lipinski definition) is 2. The van der Waals surface area contributed by atoms with Gasteiger partial charge in [0.25, 0.3) is 0 Å². The normalized spacial score (nSPS) is 11.5. The van der Waals surface area contributed by atoms with Gasteiger partial charge in [0.1, 0.15) is 0 Å². The molecule has 0 spiro atoms. The van der Waals surface area contributed by atoms with Crippen LogP contribution in [0, 0.1) is 13.8 Å². The summed E-state index contributed by atoms with van der Waals surface area (Å²) in [6.07, 6.45) is -0.166. The van der Waals surface area contributed by atoms with E-state index in [1.807, 2.05) is 26.0 Å². The van der Waals surface area contributed by atoms with Crippen LogP contribution in [-0.4, -0.2) is 25.1 Å². The van der Waals surface area contributed by atoms with E-state index in [9.17, 15) is 13.2 Å². The number of hydrogen-bond acceptors (Lipinski definition) is 6. The molecule has 3 rings (SSSR count). The van der Waals surface area contributed by atoms with Gasteiger partial charge in [-0.3, -0.25) is 15.6 Å². The molecule has 2 N–H and O–H groups in total. The number of thiazole rings is 1. The molecule has 3 aromatic rings. The van der Waals surface area contributed by atoms with Crippen molar-refractivity contribution in [2.24, 2.45) is 0 Å².